The molecule has 2 aromatic carbocycles. The lowest BCUT2D eigenvalue weighted by Crippen LogP contribution is -2.49. The number of amides is 3. The van der Waals surface area contributed by atoms with Crippen LogP contribution in [0.15, 0.2) is 55.0 Å². The predicted octanol–water partition coefficient (Wildman–Crippen LogP) is 5.22. The zero-order chi connectivity index (χ0) is 27.9. The first-order valence-electron chi connectivity index (χ1n) is 15.0. The molecule has 3 amide bonds. The molecule has 4 heterocycles. The van der Waals surface area contributed by atoms with Crippen LogP contribution in [0.2, 0.25) is 0 Å². The molecule has 0 unspecified atom stereocenters. The van der Waals surface area contributed by atoms with Crippen LogP contribution in [0.3, 0.4) is 0 Å². The Kier molecular flexibility index (Phi) is 6.82. The second-order valence-corrected chi connectivity index (χ2v) is 12.0. The molecule has 9 nitrogen and oxygen atoms in total. The van der Waals surface area contributed by atoms with Crippen molar-refractivity contribution >= 4 is 45.0 Å². The molecule has 0 atom stereocenters. The van der Waals surface area contributed by atoms with Gasteiger partial charge in [-0.25, -0.2) is 4.79 Å². The number of fused-ring (bicyclic) bond motifs is 2. The SMILES string of the molecule is Nc1ccc2nn([C@H]3CC[C@H](CN4CCC(c5cccc6c(N7CCC(=O)NC7=O)cncc56)CC4)CC3)cc2c1. The van der Waals surface area contributed by atoms with Gasteiger partial charge in [-0.05, 0) is 87.2 Å². The van der Waals surface area contributed by atoms with E-state index in [-0.39, 0.29) is 11.9 Å². The van der Waals surface area contributed by atoms with Crippen molar-refractivity contribution in [2.45, 2.75) is 56.9 Å². The second kappa shape index (κ2) is 10.8. The minimum absolute atomic E-state index is 0.225. The summed E-state index contributed by atoms with van der Waals surface area (Å²) < 4.78 is 2.17. The van der Waals surface area contributed by atoms with Crippen molar-refractivity contribution in [1.82, 2.24) is 25.0 Å². The fraction of sp³-hybridized carbons (Fsp3) is 0.438. The molecular weight excluding hydrogens is 514 g/mol. The van der Waals surface area contributed by atoms with Crippen molar-refractivity contribution in [3.8, 4) is 0 Å². The lowest BCUT2D eigenvalue weighted by atomic mass is 9.84. The number of hydrogen-bond acceptors (Lipinski definition) is 6. The van der Waals surface area contributed by atoms with E-state index in [0.717, 1.165) is 64.9 Å². The van der Waals surface area contributed by atoms with E-state index in [1.54, 1.807) is 11.1 Å². The molecule has 2 saturated heterocycles. The predicted molar refractivity (Wildman–Crippen MR) is 161 cm³/mol. The number of nitrogens with two attached hydrogens (primary N) is 1. The highest BCUT2D eigenvalue weighted by atomic mass is 16.2. The number of carbonyl (C=O) groups excluding carboxylic acids is 2. The Morgan fingerprint density at radius 1 is 0.927 bits per heavy atom. The number of anilines is 2. The summed E-state index contributed by atoms with van der Waals surface area (Å²) >= 11 is 0. The van der Waals surface area contributed by atoms with E-state index in [0.29, 0.717) is 24.9 Å². The number of likely N-dealkylation sites (tertiary alicyclic amines) is 1. The molecule has 9 heteroatoms. The number of pyridine rings is 1. The molecule has 7 rings (SSSR count). The molecule has 3 fully saturated rings. The number of urea groups is 1. The summed E-state index contributed by atoms with van der Waals surface area (Å²) in [6, 6.07) is 12.4. The number of aromatic nitrogens is 3. The summed E-state index contributed by atoms with van der Waals surface area (Å²) in [5, 5.41) is 10.5. The van der Waals surface area contributed by atoms with Crippen LogP contribution in [0.1, 0.15) is 62.5 Å². The van der Waals surface area contributed by atoms with E-state index in [9.17, 15) is 9.59 Å². The van der Waals surface area contributed by atoms with E-state index < -0.39 is 0 Å². The van der Waals surface area contributed by atoms with Gasteiger partial charge in [0.1, 0.15) is 0 Å². The maximum Gasteiger partial charge on any atom is 0.328 e. The Labute approximate surface area is 239 Å². The monoisotopic (exact) mass is 551 g/mol. The van der Waals surface area contributed by atoms with Gasteiger partial charge in [0, 0.05) is 53.8 Å². The molecule has 3 aliphatic rings. The summed E-state index contributed by atoms with van der Waals surface area (Å²) in [4.78, 5) is 33.0. The lowest BCUT2D eigenvalue weighted by molar-refractivity contribution is -0.120. The van der Waals surface area contributed by atoms with Gasteiger partial charge >= 0.3 is 6.03 Å². The Hall–Kier alpha value is -3.98. The first kappa shape index (κ1) is 26.0. The van der Waals surface area contributed by atoms with Gasteiger partial charge in [-0.3, -0.25) is 24.7 Å². The number of imide groups is 1. The van der Waals surface area contributed by atoms with Crippen molar-refractivity contribution < 1.29 is 9.59 Å². The van der Waals surface area contributed by atoms with E-state index in [1.165, 1.54) is 37.8 Å². The highest BCUT2D eigenvalue weighted by Gasteiger charge is 2.29. The standard InChI is InChI=1S/C32H37N7O2/c33-24-6-9-29-23(16-24)20-39(36-29)25-7-4-21(5-8-25)19-37-13-10-22(11-14-37)26-2-1-3-27-28(26)17-34-18-30(27)38-15-12-31(40)35-32(38)41/h1-3,6,9,16-18,20-22,25H,4-5,7-8,10-15,19,33H2,(H,35,40,41)/t21-,25-. The van der Waals surface area contributed by atoms with Crippen molar-refractivity contribution in [2.75, 3.05) is 36.8 Å². The molecule has 0 radical (unpaired) electrons. The minimum atomic E-state index is -0.369. The van der Waals surface area contributed by atoms with Crippen molar-refractivity contribution in [3.63, 3.8) is 0 Å². The number of nitrogen functional groups attached to an aromatic ring is 1. The van der Waals surface area contributed by atoms with Crippen LogP contribution in [0.25, 0.3) is 21.7 Å². The summed E-state index contributed by atoms with van der Waals surface area (Å²) in [5.74, 6) is 0.996. The van der Waals surface area contributed by atoms with Gasteiger partial charge in [-0.1, -0.05) is 18.2 Å². The van der Waals surface area contributed by atoms with Crippen molar-refractivity contribution in [2.24, 2.45) is 5.92 Å². The summed E-state index contributed by atoms with van der Waals surface area (Å²) in [6.07, 6.45) is 13.2. The van der Waals surface area contributed by atoms with Crippen LogP contribution >= 0.6 is 0 Å². The number of piperidine rings is 1. The summed E-state index contributed by atoms with van der Waals surface area (Å²) in [6.45, 7) is 3.78. The number of nitrogens with one attached hydrogen (secondary N) is 1. The first-order chi connectivity index (χ1) is 20.0. The molecule has 3 N–H and O–H groups in total. The highest BCUT2D eigenvalue weighted by Crippen LogP contribution is 2.38. The summed E-state index contributed by atoms with van der Waals surface area (Å²) in [7, 11) is 0. The molecule has 1 aliphatic carbocycles. The van der Waals surface area contributed by atoms with Crippen LogP contribution in [0, 0.1) is 5.92 Å². The molecule has 4 aromatic rings. The normalized spacial score (nSPS) is 22.9. The molecule has 212 valence electrons. The van der Waals surface area contributed by atoms with E-state index in [1.807, 2.05) is 24.4 Å². The van der Waals surface area contributed by atoms with E-state index in [2.05, 4.69) is 44.3 Å². The third-order valence-corrected chi connectivity index (χ3v) is 9.44. The first-order valence-corrected chi connectivity index (χ1v) is 15.0. The highest BCUT2D eigenvalue weighted by molar-refractivity contribution is 6.10. The quantitative estimate of drug-likeness (QED) is 0.329. The van der Waals surface area contributed by atoms with Crippen LogP contribution in [0.5, 0.6) is 0 Å². The Morgan fingerprint density at radius 3 is 2.56 bits per heavy atom. The smallest absolute Gasteiger partial charge is 0.328 e. The zero-order valence-corrected chi connectivity index (χ0v) is 23.3. The average molecular weight is 552 g/mol. The second-order valence-electron chi connectivity index (χ2n) is 12.0. The fourth-order valence-corrected chi connectivity index (χ4v) is 7.20. The zero-order valence-electron chi connectivity index (χ0n) is 23.3. The van der Waals surface area contributed by atoms with Crippen LogP contribution < -0.4 is 16.0 Å². The molecule has 1 saturated carbocycles. The van der Waals surface area contributed by atoms with Crippen LogP contribution in [-0.4, -0.2) is 57.8 Å². The Bertz CT molecular complexity index is 1600. The van der Waals surface area contributed by atoms with Crippen LogP contribution in [-0.2, 0) is 4.79 Å². The molecule has 41 heavy (non-hydrogen) atoms. The number of benzene rings is 2. The average Bonchev–Trinajstić information content (AvgIpc) is 3.41. The largest absolute Gasteiger partial charge is 0.399 e. The number of carbonyl (C=O) groups is 2. The molecule has 0 spiro atoms. The number of rotatable bonds is 5. The third-order valence-electron chi connectivity index (χ3n) is 9.44. The maximum atomic E-state index is 12.5. The van der Waals surface area contributed by atoms with Crippen LogP contribution in [0.4, 0.5) is 16.2 Å². The van der Waals surface area contributed by atoms with Gasteiger partial charge in [-0.2, -0.15) is 5.10 Å². The third kappa shape index (κ3) is 5.14. The topological polar surface area (TPSA) is 109 Å². The molecule has 0 bridgehead atoms. The summed E-state index contributed by atoms with van der Waals surface area (Å²) in [5.41, 5.74) is 9.86. The van der Waals surface area contributed by atoms with Gasteiger partial charge in [0.15, 0.2) is 0 Å². The van der Waals surface area contributed by atoms with Crippen molar-refractivity contribution in [1.29, 1.82) is 0 Å². The van der Waals surface area contributed by atoms with Gasteiger partial charge in [0.05, 0.1) is 23.4 Å². The van der Waals surface area contributed by atoms with Gasteiger partial charge < -0.3 is 10.6 Å². The van der Waals surface area contributed by atoms with E-state index in [4.69, 9.17) is 10.8 Å². The molecule has 2 aliphatic heterocycles. The lowest BCUT2D eigenvalue weighted by Gasteiger charge is -2.37. The fourth-order valence-electron chi connectivity index (χ4n) is 7.20. The van der Waals surface area contributed by atoms with Gasteiger partial charge in [-0.15, -0.1) is 0 Å². The maximum absolute atomic E-state index is 12.5. The molecular formula is C32H37N7O2. The van der Waals surface area contributed by atoms with Gasteiger partial charge in [0.2, 0.25) is 5.91 Å². The number of nitrogens with zero attached hydrogens (tertiary/aromatic N) is 5. The number of hydrogen-bond donors (Lipinski definition) is 2. The Morgan fingerprint density at radius 2 is 1.76 bits per heavy atom. The van der Waals surface area contributed by atoms with Crippen molar-refractivity contribution in [3.05, 3.63) is 60.6 Å². The Balaban J connectivity index is 0.965. The van der Waals surface area contributed by atoms with E-state index >= 15 is 0 Å². The minimum Gasteiger partial charge on any atom is -0.399 e. The molecule has 2 aromatic heterocycles. The van der Waals surface area contributed by atoms with Gasteiger partial charge in [0.25, 0.3) is 0 Å².